The molecule has 0 aliphatic carbocycles. The van der Waals surface area contributed by atoms with Crippen LogP contribution in [0.4, 0.5) is 5.69 Å². The molecular weight excluding hydrogens is 266 g/mol. The smallest absolute Gasteiger partial charge is 0.122 e. The van der Waals surface area contributed by atoms with Gasteiger partial charge in [0.15, 0.2) is 0 Å². The predicted molar refractivity (Wildman–Crippen MR) is 83.8 cm³/mol. The normalized spacial score (nSPS) is 12.0. The van der Waals surface area contributed by atoms with E-state index in [4.69, 9.17) is 15.2 Å². The Morgan fingerprint density at radius 3 is 2.38 bits per heavy atom. The van der Waals surface area contributed by atoms with Gasteiger partial charge in [0.2, 0.25) is 0 Å². The molecule has 3 N–H and O–H groups in total. The number of hydrogen-bond donors (Lipinski definition) is 2. The van der Waals surface area contributed by atoms with Crippen LogP contribution in [-0.4, -0.2) is 24.4 Å². The molecule has 1 atom stereocenters. The molecule has 0 aliphatic rings. The van der Waals surface area contributed by atoms with Gasteiger partial charge in [0.25, 0.3) is 0 Å². The van der Waals surface area contributed by atoms with E-state index in [1.807, 2.05) is 32.0 Å². The van der Waals surface area contributed by atoms with Crippen molar-refractivity contribution in [3.63, 3.8) is 0 Å². The summed E-state index contributed by atoms with van der Waals surface area (Å²) in [4.78, 5) is 0. The molecule has 112 valence electrons. The Morgan fingerprint density at radius 1 is 1.00 bits per heavy atom. The molecule has 0 heterocycles. The summed E-state index contributed by atoms with van der Waals surface area (Å²) in [7, 11) is 0. The van der Waals surface area contributed by atoms with Crippen LogP contribution < -0.4 is 15.2 Å². The molecule has 0 saturated carbocycles. The van der Waals surface area contributed by atoms with E-state index in [2.05, 4.69) is 0 Å². The second kappa shape index (κ2) is 6.99. The van der Waals surface area contributed by atoms with E-state index in [1.165, 1.54) is 5.56 Å². The van der Waals surface area contributed by atoms with Crippen LogP contribution in [0.15, 0.2) is 42.5 Å². The maximum Gasteiger partial charge on any atom is 0.122 e. The number of ether oxygens (including phenoxy) is 2. The highest BCUT2D eigenvalue weighted by Gasteiger charge is 2.08. The van der Waals surface area contributed by atoms with E-state index in [-0.39, 0.29) is 13.2 Å². The monoisotopic (exact) mass is 287 g/mol. The quantitative estimate of drug-likeness (QED) is 0.802. The highest BCUT2D eigenvalue weighted by atomic mass is 16.5. The van der Waals surface area contributed by atoms with E-state index < -0.39 is 6.10 Å². The maximum atomic E-state index is 9.91. The minimum absolute atomic E-state index is 0.175. The van der Waals surface area contributed by atoms with Crippen LogP contribution in [0.2, 0.25) is 0 Å². The van der Waals surface area contributed by atoms with Crippen LogP contribution in [0.1, 0.15) is 11.1 Å². The number of hydrogen-bond acceptors (Lipinski definition) is 4. The number of aliphatic hydroxyl groups excluding tert-OH is 1. The summed E-state index contributed by atoms with van der Waals surface area (Å²) in [6, 6.07) is 12.9. The van der Waals surface area contributed by atoms with Crippen molar-refractivity contribution >= 4 is 5.69 Å². The lowest BCUT2D eigenvalue weighted by molar-refractivity contribution is 0.0624. The number of benzene rings is 2. The molecule has 21 heavy (non-hydrogen) atoms. The SMILES string of the molecule is Cc1cccc(OCC(O)COc2ccc(N)cc2)c1C. The van der Waals surface area contributed by atoms with Crippen LogP contribution in [0, 0.1) is 13.8 Å². The zero-order valence-electron chi connectivity index (χ0n) is 12.4. The Kier molecular flexibility index (Phi) is 5.06. The average molecular weight is 287 g/mol. The van der Waals surface area contributed by atoms with E-state index in [9.17, 15) is 5.11 Å². The van der Waals surface area contributed by atoms with Crippen molar-refractivity contribution in [2.24, 2.45) is 0 Å². The van der Waals surface area contributed by atoms with Gasteiger partial charge in [0.1, 0.15) is 30.8 Å². The molecule has 0 fully saturated rings. The minimum Gasteiger partial charge on any atom is -0.491 e. The molecule has 0 radical (unpaired) electrons. The van der Waals surface area contributed by atoms with Crippen molar-refractivity contribution in [1.82, 2.24) is 0 Å². The fourth-order valence-electron chi connectivity index (χ4n) is 1.87. The van der Waals surface area contributed by atoms with Gasteiger partial charge in [-0.05, 0) is 55.3 Å². The topological polar surface area (TPSA) is 64.7 Å². The molecule has 4 nitrogen and oxygen atoms in total. The van der Waals surface area contributed by atoms with Crippen molar-refractivity contribution in [3.8, 4) is 11.5 Å². The van der Waals surface area contributed by atoms with Crippen LogP contribution in [0.25, 0.3) is 0 Å². The van der Waals surface area contributed by atoms with Gasteiger partial charge in [-0.3, -0.25) is 0 Å². The maximum absolute atomic E-state index is 9.91. The minimum atomic E-state index is -0.692. The van der Waals surface area contributed by atoms with Crippen LogP contribution >= 0.6 is 0 Å². The molecule has 0 saturated heterocycles. The van der Waals surface area contributed by atoms with Crippen LogP contribution in [-0.2, 0) is 0 Å². The number of aryl methyl sites for hydroxylation is 1. The first-order chi connectivity index (χ1) is 10.1. The summed E-state index contributed by atoms with van der Waals surface area (Å²) in [5.41, 5.74) is 8.53. The van der Waals surface area contributed by atoms with Gasteiger partial charge in [0.05, 0.1) is 0 Å². The Bertz CT molecular complexity index is 581. The van der Waals surface area contributed by atoms with E-state index in [0.717, 1.165) is 11.3 Å². The third-order valence-electron chi connectivity index (χ3n) is 3.31. The van der Waals surface area contributed by atoms with E-state index in [1.54, 1.807) is 24.3 Å². The molecule has 2 aromatic rings. The molecule has 0 bridgehead atoms. The molecule has 0 aromatic heterocycles. The predicted octanol–water partition coefficient (Wildman–Crippen LogP) is 2.70. The number of aliphatic hydroxyl groups is 1. The first-order valence-electron chi connectivity index (χ1n) is 6.91. The third-order valence-corrected chi connectivity index (χ3v) is 3.31. The zero-order chi connectivity index (χ0) is 15.2. The first-order valence-corrected chi connectivity index (χ1v) is 6.91. The molecule has 0 aliphatic heterocycles. The van der Waals surface area contributed by atoms with Crippen molar-refractivity contribution in [1.29, 1.82) is 0 Å². The Hall–Kier alpha value is -2.20. The average Bonchev–Trinajstić information content (AvgIpc) is 2.48. The summed E-state index contributed by atoms with van der Waals surface area (Å²) in [5, 5.41) is 9.91. The standard InChI is InChI=1S/C17H21NO3/c1-12-4-3-5-17(13(12)2)21-11-15(19)10-20-16-8-6-14(18)7-9-16/h3-9,15,19H,10-11,18H2,1-2H3. The lowest BCUT2D eigenvalue weighted by Crippen LogP contribution is -2.25. The van der Waals surface area contributed by atoms with Crippen molar-refractivity contribution < 1.29 is 14.6 Å². The van der Waals surface area contributed by atoms with Gasteiger partial charge in [0, 0.05) is 5.69 Å². The summed E-state index contributed by atoms with van der Waals surface area (Å²) >= 11 is 0. The zero-order valence-corrected chi connectivity index (χ0v) is 12.4. The first kappa shape index (κ1) is 15.2. The number of rotatable bonds is 6. The molecule has 0 amide bonds. The largest absolute Gasteiger partial charge is 0.491 e. The lowest BCUT2D eigenvalue weighted by atomic mass is 10.1. The fourth-order valence-corrected chi connectivity index (χ4v) is 1.87. The van der Waals surface area contributed by atoms with Crippen LogP contribution in [0.5, 0.6) is 11.5 Å². The molecule has 2 aromatic carbocycles. The summed E-state index contributed by atoms with van der Waals surface area (Å²) < 4.78 is 11.1. The Balaban J connectivity index is 1.80. The highest BCUT2D eigenvalue weighted by Crippen LogP contribution is 2.20. The molecule has 4 heteroatoms. The molecular formula is C17H21NO3. The second-order valence-electron chi connectivity index (χ2n) is 5.04. The summed E-state index contributed by atoms with van der Waals surface area (Å²) in [5.74, 6) is 1.47. The van der Waals surface area contributed by atoms with Gasteiger partial charge in [-0.2, -0.15) is 0 Å². The summed E-state index contributed by atoms with van der Waals surface area (Å²) in [6.45, 7) is 4.40. The molecule has 0 spiro atoms. The summed E-state index contributed by atoms with van der Waals surface area (Å²) in [6.07, 6.45) is -0.692. The Labute approximate surface area is 125 Å². The van der Waals surface area contributed by atoms with Gasteiger partial charge >= 0.3 is 0 Å². The van der Waals surface area contributed by atoms with Gasteiger partial charge < -0.3 is 20.3 Å². The second-order valence-corrected chi connectivity index (χ2v) is 5.04. The third kappa shape index (κ3) is 4.39. The number of nitrogen functional groups attached to an aromatic ring is 1. The van der Waals surface area contributed by atoms with Gasteiger partial charge in [-0.25, -0.2) is 0 Å². The molecule has 1 unspecified atom stereocenters. The Morgan fingerprint density at radius 2 is 1.67 bits per heavy atom. The van der Waals surface area contributed by atoms with E-state index >= 15 is 0 Å². The van der Waals surface area contributed by atoms with Gasteiger partial charge in [-0.15, -0.1) is 0 Å². The lowest BCUT2D eigenvalue weighted by Gasteiger charge is -2.15. The number of nitrogens with two attached hydrogens (primary N) is 1. The molecule has 2 rings (SSSR count). The van der Waals surface area contributed by atoms with Crippen molar-refractivity contribution in [3.05, 3.63) is 53.6 Å². The fraction of sp³-hybridized carbons (Fsp3) is 0.294. The van der Waals surface area contributed by atoms with Gasteiger partial charge in [-0.1, -0.05) is 12.1 Å². The van der Waals surface area contributed by atoms with Crippen molar-refractivity contribution in [2.45, 2.75) is 20.0 Å². The van der Waals surface area contributed by atoms with Crippen molar-refractivity contribution in [2.75, 3.05) is 18.9 Å². The highest BCUT2D eigenvalue weighted by molar-refractivity contribution is 5.41. The number of anilines is 1. The van der Waals surface area contributed by atoms with E-state index in [0.29, 0.717) is 11.4 Å². The van der Waals surface area contributed by atoms with Crippen LogP contribution in [0.3, 0.4) is 0 Å².